The number of aryl methyl sites for hydroxylation is 3. The molecule has 8 aromatic carbocycles. The van der Waals surface area contributed by atoms with Crippen LogP contribution in [0.2, 0.25) is 0 Å². The van der Waals surface area contributed by atoms with Gasteiger partial charge in [-0.3, -0.25) is 0 Å². The summed E-state index contributed by atoms with van der Waals surface area (Å²) < 4.78 is 0. The summed E-state index contributed by atoms with van der Waals surface area (Å²) in [5, 5.41) is 0. The van der Waals surface area contributed by atoms with Crippen molar-refractivity contribution < 1.29 is 0 Å². The van der Waals surface area contributed by atoms with Crippen molar-refractivity contribution in [1.82, 2.24) is 0 Å². The number of benzene rings is 8. The zero-order chi connectivity index (χ0) is 37.9. The molecule has 0 saturated heterocycles. The van der Waals surface area contributed by atoms with E-state index in [1.54, 1.807) is 0 Å². The van der Waals surface area contributed by atoms with E-state index in [-0.39, 0.29) is 5.41 Å². The van der Waals surface area contributed by atoms with Crippen molar-refractivity contribution >= 4 is 17.1 Å². The Bertz CT molecular complexity index is 2840. The van der Waals surface area contributed by atoms with Crippen molar-refractivity contribution in [3.63, 3.8) is 0 Å². The summed E-state index contributed by atoms with van der Waals surface area (Å²) in [4.78, 5) is 2.49. The number of rotatable bonds is 4. The van der Waals surface area contributed by atoms with E-state index in [1.165, 1.54) is 94.6 Å². The normalized spacial score (nSPS) is 14.4. The summed E-state index contributed by atoms with van der Waals surface area (Å²) in [5.74, 6) is 0. The third kappa shape index (κ3) is 4.37. The van der Waals surface area contributed by atoms with Gasteiger partial charge in [-0.05, 0) is 146 Å². The van der Waals surface area contributed by atoms with E-state index >= 15 is 0 Å². The molecular formula is C55H43N. The van der Waals surface area contributed by atoms with Crippen LogP contribution in [0.4, 0.5) is 17.1 Å². The lowest BCUT2D eigenvalue weighted by Crippen LogP contribution is -2.26. The van der Waals surface area contributed by atoms with E-state index in [9.17, 15) is 0 Å². The summed E-state index contributed by atoms with van der Waals surface area (Å²) in [5.41, 5.74) is 25.6. The molecule has 11 rings (SSSR count). The molecule has 0 saturated carbocycles. The minimum absolute atomic E-state index is 0.112. The van der Waals surface area contributed by atoms with Gasteiger partial charge in [-0.2, -0.15) is 0 Å². The van der Waals surface area contributed by atoms with E-state index in [0.717, 1.165) is 17.1 Å². The van der Waals surface area contributed by atoms with Crippen LogP contribution in [0, 0.1) is 20.8 Å². The molecule has 56 heavy (non-hydrogen) atoms. The topological polar surface area (TPSA) is 3.24 Å². The Morgan fingerprint density at radius 2 is 0.750 bits per heavy atom. The van der Waals surface area contributed by atoms with Crippen LogP contribution >= 0.6 is 0 Å². The van der Waals surface area contributed by atoms with Crippen molar-refractivity contribution in [2.75, 3.05) is 4.90 Å². The Balaban J connectivity index is 1.15. The lowest BCUT2D eigenvalue weighted by atomic mass is 9.70. The highest BCUT2D eigenvalue weighted by molar-refractivity contribution is 5.96. The Kier molecular flexibility index (Phi) is 6.93. The third-order valence-corrected chi connectivity index (χ3v) is 13.2. The van der Waals surface area contributed by atoms with Crippen LogP contribution in [-0.4, -0.2) is 0 Å². The first-order valence-electron chi connectivity index (χ1n) is 19.9. The molecule has 3 aliphatic carbocycles. The Hall–Kier alpha value is -6.44. The molecule has 0 atom stereocenters. The molecule has 1 spiro atoms. The number of hydrogen-bond donors (Lipinski definition) is 0. The van der Waals surface area contributed by atoms with E-state index < -0.39 is 5.41 Å². The molecule has 0 aromatic heterocycles. The maximum atomic E-state index is 2.50. The summed E-state index contributed by atoms with van der Waals surface area (Å²) in [6.07, 6.45) is 0. The van der Waals surface area contributed by atoms with Crippen molar-refractivity contribution in [2.24, 2.45) is 0 Å². The number of nitrogens with zero attached hydrogens (tertiary/aromatic N) is 1. The van der Waals surface area contributed by atoms with Gasteiger partial charge in [-0.1, -0.05) is 153 Å². The molecule has 0 fully saturated rings. The predicted molar refractivity (Wildman–Crippen MR) is 235 cm³/mol. The number of fused-ring (bicyclic) bond motifs is 13. The monoisotopic (exact) mass is 717 g/mol. The Morgan fingerprint density at radius 3 is 1.27 bits per heavy atom. The molecular weight excluding hydrogens is 675 g/mol. The minimum Gasteiger partial charge on any atom is -0.310 e. The molecule has 268 valence electrons. The van der Waals surface area contributed by atoms with E-state index in [1.807, 2.05) is 0 Å². The van der Waals surface area contributed by atoms with Gasteiger partial charge >= 0.3 is 0 Å². The average Bonchev–Trinajstić information content (AvgIpc) is 3.77. The van der Waals surface area contributed by atoms with Gasteiger partial charge in [-0.25, -0.2) is 0 Å². The number of hydrogen-bond acceptors (Lipinski definition) is 1. The van der Waals surface area contributed by atoms with E-state index in [0.29, 0.717) is 0 Å². The van der Waals surface area contributed by atoms with Crippen LogP contribution in [0.25, 0.3) is 44.5 Å². The molecule has 0 heterocycles. The fourth-order valence-electron chi connectivity index (χ4n) is 10.9. The van der Waals surface area contributed by atoms with Crippen molar-refractivity contribution in [1.29, 1.82) is 0 Å². The first-order chi connectivity index (χ1) is 27.3. The molecule has 0 amide bonds. The first-order valence-corrected chi connectivity index (χ1v) is 19.9. The van der Waals surface area contributed by atoms with Crippen LogP contribution in [-0.2, 0) is 10.8 Å². The summed E-state index contributed by atoms with van der Waals surface area (Å²) >= 11 is 0. The van der Waals surface area contributed by atoms with Gasteiger partial charge in [0, 0.05) is 22.5 Å². The zero-order valence-electron chi connectivity index (χ0n) is 32.6. The lowest BCUT2D eigenvalue weighted by Gasteiger charge is -2.32. The highest BCUT2D eigenvalue weighted by atomic mass is 15.1. The summed E-state index contributed by atoms with van der Waals surface area (Å²) in [6.45, 7) is 11.4. The fourth-order valence-corrected chi connectivity index (χ4v) is 10.9. The second kappa shape index (κ2) is 11.8. The quantitative estimate of drug-likeness (QED) is 0.175. The standard InChI is InChI=1S/C55H43N/c1-34-30-35(2)53(36(3)31-34)37-22-24-38(25-23-37)56(39-26-28-45-41-14-6-10-18-47(41)54(4,5)51(45)32-39)40-27-29-46-44-17-9-13-21-50(44)55(52(46)33-40)48-19-11-7-15-42(48)43-16-8-12-20-49(43)55/h6-33H,1-5H3. The van der Waals surface area contributed by atoms with Crippen LogP contribution in [0.3, 0.4) is 0 Å². The molecule has 8 aromatic rings. The van der Waals surface area contributed by atoms with Crippen LogP contribution in [0.15, 0.2) is 170 Å². The Labute approximate surface area is 330 Å². The van der Waals surface area contributed by atoms with Crippen LogP contribution in [0.1, 0.15) is 63.9 Å². The fraction of sp³-hybridized carbons (Fsp3) is 0.127. The SMILES string of the molecule is Cc1cc(C)c(-c2ccc(N(c3ccc4c(c3)C(C)(C)c3ccccc3-4)c3ccc4c(c3)C3(c5ccccc5-c5ccccc53)c3ccccc3-4)cc2)c(C)c1. The van der Waals surface area contributed by atoms with Gasteiger partial charge in [0.25, 0.3) is 0 Å². The van der Waals surface area contributed by atoms with Gasteiger partial charge < -0.3 is 4.90 Å². The zero-order valence-corrected chi connectivity index (χ0v) is 32.6. The minimum atomic E-state index is -0.410. The first kappa shape index (κ1) is 32.9. The lowest BCUT2D eigenvalue weighted by molar-refractivity contribution is 0.660. The summed E-state index contributed by atoms with van der Waals surface area (Å²) in [6, 6.07) is 64.4. The second-order valence-electron chi connectivity index (χ2n) is 16.7. The molecule has 1 heteroatoms. The van der Waals surface area contributed by atoms with Gasteiger partial charge in [0.05, 0.1) is 5.41 Å². The Morgan fingerprint density at radius 1 is 0.357 bits per heavy atom. The molecule has 1 nitrogen and oxygen atoms in total. The average molecular weight is 718 g/mol. The van der Waals surface area contributed by atoms with E-state index in [2.05, 4.69) is 209 Å². The van der Waals surface area contributed by atoms with Crippen molar-refractivity contribution in [3.05, 3.63) is 220 Å². The number of anilines is 3. The van der Waals surface area contributed by atoms with Gasteiger partial charge in [-0.15, -0.1) is 0 Å². The highest BCUT2D eigenvalue weighted by Gasteiger charge is 2.51. The molecule has 0 aliphatic heterocycles. The largest absolute Gasteiger partial charge is 0.310 e. The smallest absolute Gasteiger partial charge is 0.0726 e. The third-order valence-electron chi connectivity index (χ3n) is 13.2. The maximum absolute atomic E-state index is 2.50. The van der Waals surface area contributed by atoms with Crippen molar-refractivity contribution in [3.8, 4) is 44.5 Å². The highest BCUT2D eigenvalue weighted by Crippen LogP contribution is 2.63. The maximum Gasteiger partial charge on any atom is 0.0726 e. The molecule has 3 aliphatic rings. The van der Waals surface area contributed by atoms with Crippen molar-refractivity contribution in [2.45, 2.75) is 45.4 Å². The molecule has 0 bridgehead atoms. The van der Waals surface area contributed by atoms with Gasteiger partial charge in [0.1, 0.15) is 0 Å². The van der Waals surface area contributed by atoms with Gasteiger partial charge in [0.2, 0.25) is 0 Å². The summed E-state index contributed by atoms with van der Waals surface area (Å²) in [7, 11) is 0. The second-order valence-corrected chi connectivity index (χ2v) is 16.7. The van der Waals surface area contributed by atoms with Gasteiger partial charge in [0.15, 0.2) is 0 Å². The van der Waals surface area contributed by atoms with E-state index in [4.69, 9.17) is 0 Å². The molecule has 0 N–H and O–H groups in total. The molecule has 0 unspecified atom stereocenters. The predicted octanol–water partition coefficient (Wildman–Crippen LogP) is 14.4. The molecule has 0 radical (unpaired) electrons. The van der Waals surface area contributed by atoms with Crippen LogP contribution < -0.4 is 4.90 Å². The van der Waals surface area contributed by atoms with Crippen LogP contribution in [0.5, 0.6) is 0 Å².